The van der Waals surface area contributed by atoms with Crippen LogP contribution in [-0.2, 0) is 11.3 Å². The zero-order valence-corrected chi connectivity index (χ0v) is 16.6. The maximum Gasteiger partial charge on any atom is 0.296 e. The maximum absolute atomic E-state index is 14.0. The van der Waals surface area contributed by atoms with Crippen molar-refractivity contribution < 1.29 is 24.0 Å². The molecule has 150 valence electrons. The van der Waals surface area contributed by atoms with Crippen LogP contribution in [0.2, 0.25) is 0 Å². The lowest BCUT2D eigenvalue weighted by atomic mass is 10.2. The van der Waals surface area contributed by atoms with Crippen LogP contribution in [0.4, 0.5) is 15.8 Å². The molecule has 1 amide bonds. The number of rotatable bonds is 9. The highest BCUT2D eigenvalue weighted by Crippen LogP contribution is 2.29. The fourth-order valence-corrected chi connectivity index (χ4v) is 2.96. The van der Waals surface area contributed by atoms with Gasteiger partial charge in [-0.15, -0.1) is 0 Å². The van der Waals surface area contributed by atoms with Crippen molar-refractivity contribution in [3.63, 3.8) is 0 Å². The number of aliphatic hydroxyl groups excluding tert-OH is 1. The van der Waals surface area contributed by atoms with Crippen LogP contribution in [-0.4, -0.2) is 47.6 Å². The Hall–Kier alpha value is -2.56. The van der Waals surface area contributed by atoms with Crippen LogP contribution in [0.5, 0.6) is 5.75 Å². The number of carbonyl (C=O) groups excluding carboxylic acids is 1. The number of carbonyl (C=O) groups is 1. The highest BCUT2D eigenvalue weighted by molar-refractivity contribution is 9.10. The Kier molecular flexibility index (Phi) is 7.85. The van der Waals surface area contributed by atoms with E-state index >= 15 is 0 Å². The van der Waals surface area contributed by atoms with Crippen LogP contribution >= 0.6 is 15.9 Å². The summed E-state index contributed by atoms with van der Waals surface area (Å²) < 4.78 is 19.6. The number of nitro benzene ring substituents is 1. The van der Waals surface area contributed by atoms with Crippen LogP contribution in [0.1, 0.15) is 5.56 Å². The number of nitro groups is 1. The number of aliphatic hydroxyl groups is 1. The van der Waals surface area contributed by atoms with Gasteiger partial charge in [-0.25, -0.2) is 4.39 Å². The molecule has 0 unspecified atom stereocenters. The number of halogens is 2. The summed E-state index contributed by atoms with van der Waals surface area (Å²) in [6.45, 7) is -0.199. The fourth-order valence-electron chi connectivity index (χ4n) is 2.55. The number of nitrogens with one attached hydrogen (secondary N) is 1. The molecule has 8 nitrogen and oxygen atoms in total. The molecular formula is C18H19BrFN3O5. The van der Waals surface area contributed by atoms with E-state index in [0.29, 0.717) is 10.0 Å². The molecule has 0 fully saturated rings. The summed E-state index contributed by atoms with van der Waals surface area (Å²) in [6.07, 6.45) is 0. The SMILES string of the molecule is COc1ccc(NC(=O)CN(CCO)Cc2cc(Br)ccc2F)c([N+](=O)[O-])c1. The Balaban J connectivity index is 2.12. The average molecular weight is 456 g/mol. The number of ether oxygens (including phenoxy) is 1. The maximum atomic E-state index is 14.0. The molecule has 0 aliphatic heterocycles. The van der Waals surface area contributed by atoms with E-state index in [2.05, 4.69) is 21.2 Å². The molecule has 0 aliphatic rings. The molecule has 0 aliphatic carbocycles. The second kappa shape index (κ2) is 10.1. The van der Waals surface area contributed by atoms with Crippen LogP contribution < -0.4 is 10.1 Å². The predicted molar refractivity (Wildman–Crippen MR) is 105 cm³/mol. The van der Waals surface area contributed by atoms with Crippen LogP contribution in [0.25, 0.3) is 0 Å². The number of hydrogen-bond donors (Lipinski definition) is 2. The lowest BCUT2D eigenvalue weighted by molar-refractivity contribution is -0.384. The van der Waals surface area contributed by atoms with Crippen molar-refractivity contribution in [2.45, 2.75) is 6.54 Å². The Morgan fingerprint density at radius 2 is 2.11 bits per heavy atom. The number of anilines is 1. The summed E-state index contributed by atoms with van der Waals surface area (Å²) in [4.78, 5) is 24.5. The number of amides is 1. The van der Waals surface area contributed by atoms with Crippen LogP contribution in [0.15, 0.2) is 40.9 Å². The second-order valence-corrected chi connectivity index (χ2v) is 6.77. The molecular weight excluding hydrogens is 437 g/mol. The number of hydrogen-bond acceptors (Lipinski definition) is 6. The first kappa shape index (κ1) is 21.7. The van der Waals surface area contributed by atoms with Crippen molar-refractivity contribution in [3.8, 4) is 5.75 Å². The largest absolute Gasteiger partial charge is 0.496 e. The van der Waals surface area contributed by atoms with Crippen molar-refractivity contribution in [1.82, 2.24) is 4.90 Å². The quantitative estimate of drug-likeness (QED) is 0.444. The van der Waals surface area contributed by atoms with Crippen molar-refractivity contribution in [1.29, 1.82) is 0 Å². The standard InChI is InChI=1S/C18H19BrFN3O5/c1-28-14-3-5-16(17(9-14)23(26)27)21-18(25)11-22(6-7-24)10-12-8-13(19)2-4-15(12)20/h2-5,8-9,24H,6-7,10-11H2,1H3,(H,21,25). The van der Waals surface area contributed by atoms with E-state index in [-0.39, 0.29) is 43.4 Å². The van der Waals surface area contributed by atoms with Gasteiger partial charge in [-0.2, -0.15) is 0 Å². The Bertz CT molecular complexity index is 865. The van der Waals surface area contributed by atoms with Gasteiger partial charge in [0.25, 0.3) is 5.69 Å². The molecule has 0 heterocycles. The normalized spacial score (nSPS) is 10.8. The molecule has 2 aromatic carbocycles. The summed E-state index contributed by atoms with van der Waals surface area (Å²) in [5.74, 6) is -0.675. The van der Waals surface area contributed by atoms with Gasteiger partial charge in [-0.05, 0) is 30.3 Å². The van der Waals surface area contributed by atoms with E-state index in [9.17, 15) is 24.4 Å². The predicted octanol–water partition coefficient (Wildman–Crippen LogP) is 2.94. The molecule has 0 atom stereocenters. The summed E-state index contributed by atoms with van der Waals surface area (Å²) in [7, 11) is 1.38. The minimum absolute atomic E-state index is 0.0217. The van der Waals surface area contributed by atoms with E-state index in [4.69, 9.17) is 4.74 Å². The summed E-state index contributed by atoms with van der Waals surface area (Å²) in [5, 5.41) is 22.9. The molecule has 2 rings (SSSR count). The van der Waals surface area contributed by atoms with Crippen LogP contribution in [0, 0.1) is 15.9 Å². The summed E-state index contributed by atoms with van der Waals surface area (Å²) in [6, 6.07) is 8.52. The van der Waals surface area contributed by atoms with Crippen molar-refractivity contribution in [2.75, 3.05) is 32.1 Å². The van der Waals surface area contributed by atoms with Gasteiger partial charge in [0.15, 0.2) is 0 Å². The lowest BCUT2D eigenvalue weighted by Crippen LogP contribution is -2.35. The zero-order valence-electron chi connectivity index (χ0n) is 15.0. The van der Waals surface area contributed by atoms with Gasteiger partial charge in [-0.3, -0.25) is 19.8 Å². The molecule has 0 bridgehead atoms. The molecule has 10 heteroatoms. The molecule has 2 N–H and O–H groups in total. The molecule has 2 aromatic rings. The van der Waals surface area contributed by atoms with Crippen molar-refractivity contribution in [3.05, 3.63) is 62.4 Å². The third-order valence-electron chi connectivity index (χ3n) is 3.86. The number of nitrogens with zero attached hydrogens (tertiary/aromatic N) is 2. The Morgan fingerprint density at radius 1 is 1.36 bits per heavy atom. The first-order valence-corrected chi connectivity index (χ1v) is 9.02. The first-order valence-electron chi connectivity index (χ1n) is 8.23. The van der Waals surface area contributed by atoms with Crippen LogP contribution in [0.3, 0.4) is 0 Å². The van der Waals surface area contributed by atoms with Gasteiger partial charge in [-0.1, -0.05) is 15.9 Å². The molecule has 0 saturated heterocycles. The number of methoxy groups -OCH3 is 1. The molecule has 0 aromatic heterocycles. The minimum Gasteiger partial charge on any atom is -0.496 e. The van der Waals surface area contributed by atoms with E-state index in [1.165, 1.54) is 36.3 Å². The van der Waals surface area contributed by atoms with Gasteiger partial charge in [0.2, 0.25) is 5.91 Å². The second-order valence-electron chi connectivity index (χ2n) is 5.86. The third-order valence-corrected chi connectivity index (χ3v) is 4.35. The minimum atomic E-state index is -0.625. The Labute approximate surface area is 169 Å². The molecule has 0 spiro atoms. The smallest absolute Gasteiger partial charge is 0.296 e. The third kappa shape index (κ3) is 5.98. The highest BCUT2D eigenvalue weighted by Gasteiger charge is 2.19. The number of benzene rings is 2. The van der Waals surface area contributed by atoms with E-state index < -0.39 is 16.6 Å². The molecule has 0 radical (unpaired) electrons. The lowest BCUT2D eigenvalue weighted by Gasteiger charge is -2.21. The van der Waals surface area contributed by atoms with Crippen molar-refractivity contribution >= 4 is 33.2 Å². The van der Waals surface area contributed by atoms with Gasteiger partial charge in [0.1, 0.15) is 17.3 Å². The fraction of sp³-hybridized carbons (Fsp3) is 0.278. The monoisotopic (exact) mass is 455 g/mol. The first-order chi connectivity index (χ1) is 13.3. The average Bonchev–Trinajstić information content (AvgIpc) is 2.65. The van der Waals surface area contributed by atoms with E-state index in [1.54, 1.807) is 12.1 Å². The molecule has 0 saturated carbocycles. The van der Waals surface area contributed by atoms with Gasteiger partial charge in [0.05, 0.1) is 31.3 Å². The summed E-state index contributed by atoms with van der Waals surface area (Å²) >= 11 is 3.27. The van der Waals surface area contributed by atoms with Gasteiger partial charge < -0.3 is 15.2 Å². The molecule has 28 heavy (non-hydrogen) atoms. The van der Waals surface area contributed by atoms with E-state index in [1.807, 2.05) is 0 Å². The van der Waals surface area contributed by atoms with E-state index in [0.717, 1.165) is 0 Å². The van der Waals surface area contributed by atoms with Gasteiger partial charge in [0, 0.05) is 23.1 Å². The summed E-state index contributed by atoms with van der Waals surface area (Å²) in [5.41, 5.74) is 0.0684. The highest BCUT2D eigenvalue weighted by atomic mass is 79.9. The van der Waals surface area contributed by atoms with Gasteiger partial charge >= 0.3 is 0 Å². The zero-order chi connectivity index (χ0) is 20.7. The Morgan fingerprint density at radius 3 is 2.75 bits per heavy atom. The van der Waals surface area contributed by atoms with Crippen molar-refractivity contribution in [2.24, 2.45) is 0 Å². The topological polar surface area (TPSA) is 105 Å².